The maximum absolute atomic E-state index is 12.4. The van der Waals surface area contributed by atoms with Gasteiger partial charge in [0.25, 0.3) is 5.56 Å². The highest BCUT2D eigenvalue weighted by Gasteiger charge is 2.10. The first kappa shape index (κ1) is 11.2. The number of nitrogens with one attached hydrogen (secondary N) is 1. The van der Waals surface area contributed by atoms with E-state index in [-0.39, 0.29) is 16.6 Å². The van der Waals surface area contributed by atoms with E-state index in [0.29, 0.717) is 16.7 Å². The van der Waals surface area contributed by atoms with Gasteiger partial charge in [0, 0.05) is 13.2 Å². The van der Waals surface area contributed by atoms with Crippen LogP contribution in [0.15, 0.2) is 35.3 Å². The fourth-order valence-electron chi connectivity index (χ4n) is 2.06. The van der Waals surface area contributed by atoms with Crippen molar-refractivity contribution >= 4 is 16.7 Å². The molecule has 0 bridgehead atoms. The van der Waals surface area contributed by atoms with E-state index in [1.165, 1.54) is 15.0 Å². The Kier molecular flexibility index (Phi) is 2.22. The molecule has 0 saturated carbocycles. The Hall–Kier alpha value is -2.94. The lowest BCUT2D eigenvalue weighted by Crippen LogP contribution is -2.25. The molecule has 0 unspecified atom stereocenters. The molecule has 0 amide bonds. The molecule has 3 heterocycles. The molecule has 6 nitrogen and oxygen atoms in total. The zero-order valence-corrected chi connectivity index (χ0v) is 10.1. The quantitative estimate of drug-likeness (QED) is 0.591. The third kappa shape index (κ3) is 1.45. The van der Waals surface area contributed by atoms with Crippen molar-refractivity contribution < 1.29 is 0 Å². The predicted octanol–water partition coefficient (Wildman–Crippen LogP) is 0.537. The van der Waals surface area contributed by atoms with Gasteiger partial charge in [-0.3, -0.25) is 14.6 Å². The summed E-state index contributed by atoms with van der Waals surface area (Å²) < 4.78 is 2.87. The van der Waals surface area contributed by atoms with Crippen molar-refractivity contribution in [3.05, 3.63) is 51.9 Å². The largest absolute Gasteiger partial charge is 0.313 e. The first-order valence-electron chi connectivity index (χ1n) is 5.59. The van der Waals surface area contributed by atoms with Gasteiger partial charge in [0.1, 0.15) is 22.9 Å². The van der Waals surface area contributed by atoms with Gasteiger partial charge in [0.05, 0.1) is 10.9 Å². The molecule has 0 aliphatic carbocycles. The second-order valence-corrected chi connectivity index (χ2v) is 4.16. The van der Waals surface area contributed by atoms with E-state index < -0.39 is 0 Å². The summed E-state index contributed by atoms with van der Waals surface area (Å²) in [6.45, 7) is 0. The molecule has 3 aromatic rings. The van der Waals surface area contributed by atoms with Gasteiger partial charge in [-0.15, -0.1) is 0 Å². The van der Waals surface area contributed by atoms with Crippen molar-refractivity contribution in [3.63, 3.8) is 0 Å². The van der Waals surface area contributed by atoms with Crippen LogP contribution in [0.25, 0.3) is 16.7 Å². The molecule has 0 spiro atoms. The van der Waals surface area contributed by atoms with E-state index >= 15 is 0 Å². The third-order valence-corrected chi connectivity index (χ3v) is 3.07. The van der Waals surface area contributed by atoms with Crippen molar-refractivity contribution in [2.75, 3.05) is 0 Å². The summed E-state index contributed by atoms with van der Waals surface area (Å²) in [5.41, 5.74) is 0.875. The Morgan fingerprint density at radius 2 is 2.21 bits per heavy atom. The van der Waals surface area contributed by atoms with Crippen molar-refractivity contribution in [3.8, 4) is 6.07 Å². The summed E-state index contributed by atoms with van der Waals surface area (Å²) in [4.78, 5) is 16.7. The SMILES string of the molecule is Cn1c(=N)c(C#N)cc2c(=O)n3ccccc3nc21. The van der Waals surface area contributed by atoms with Crippen LogP contribution in [-0.4, -0.2) is 14.0 Å². The molecule has 3 aromatic heterocycles. The Balaban J connectivity index is 2.68. The number of hydrogen-bond donors (Lipinski definition) is 1. The van der Waals surface area contributed by atoms with Crippen LogP contribution < -0.4 is 11.0 Å². The second kappa shape index (κ2) is 3.78. The molecule has 0 aliphatic rings. The average molecular weight is 251 g/mol. The Bertz CT molecular complexity index is 974. The first-order chi connectivity index (χ1) is 9.13. The topological polar surface area (TPSA) is 86.9 Å². The molecule has 0 aliphatic heterocycles. The van der Waals surface area contributed by atoms with Crippen LogP contribution in [0.1, 0.15) is 5.56 Å². The molecule has 19 heavy (non-hydrogen) atoms. The number of hydrogen-bond acceptors (Lipinski definition) is 4. The number of aromatic nitrogens is 3. The number of rotatable bonds is 0. The van der Waals surface area contributed by atoms with Crippen LogP contribution in [-0.2, 0) is 7.05 Å². The van der Waals surface area contributed by atoms with Gasteiger partial charge in [-0.25, -0.2) is 4.98 Å². The van der Waals surface area contributed by atoms with E-state index in [1.807, 2.05) is 6.07 Å². The molecular weight excluding hydrogens is 242 g/mol. The van der Waals surface area contributed by atoms with Crippen molar-refractivity contribution in [1.29, 1.82) is 10.7 Å². The highest BCUT2D eigenvalue weighted by atomic mass is 16.1. The first-order valence-corrected chi connectivity index (χ1v) is 5.59. The monoisotopic (exact) mass is 251 g/mol. The smallest absolute Gasteiger partial charge is 0.267 e. The zero-order chi connectivity index (χ0) is 13.6. The van der Waals surface area contributed by atoms with E-state index in [9.17, 15) is 4.79 Å². The summed E-state index contributed by atoms with van der Waals surface area (Å²) in [6.07, 6.45) is 1.63. The normalized spacial score (nSPS) is 10.7. The summed E-state index contributed by atoms with van der Waals surface area (Å²) >= 11 is 0. The number of pyridine rings is 2. The van der Waals surface area contributed by atoms with Crippen LogP contribution in [0, 0.1) is 16.7 Å². The van der Waals surface area contributed by atoms with Gasteiger partial charge in [-0.2, -0.15) is 5.26 Å². The zero-order valence-electron chi connectivity index (χ0n) is 10.1. The highest BCUT2D eigenvalue weighted by molar-refractivity contribution is 5.77. The lowest BCUT2D eigenvalue weighted by atomic mass is 10.2. The summed E-state index contributed by atoms with van der Waals surface area (Å²) in [6, 6.07) is 8.60. The maximum atomic E-state index is 12.4. The van der Waals surface area contributed by atoms with Gasteiger partial charge in [-0.1, -0.05) is 6.07 Å². The van der Waals surface area contributed by atoms with Crippen LogP contribution in [0.3, 0.4) is 0 Å². The Morgan fingerprint density at radius 3 is 2.95 bits per heavy atom. The molecule has 0 saturated heterocycles. The third-order valence-electron chi connectivity index (χ3n) is 3.07. The fraction of sp³-hybridized carbons (Fsp3) is 0.0769. The number of nitrogens with zero attached hydrogens (tertiary/aromatic N) is 4. The van der Waals surface area contributed by atoms with Gasteiger partial charge in [0.15, 0.2) is 0 Å². The second-order valence-electron chi connectivity index (χ2n) is 4.16. The van der Waals surface area contributed by atoms with Crippen molar-refractivity contribution in [1.82, 2.24) is 14.0 Å². The fourth-order valence-corrected chi connectivity index (χ4v) is 2.06. The Labute approximate surface area is 107 Å². The summed E-state index contributed by atoms with van der Waals surface area (Å²) in [5.74, 6) is 0. The van der Waals surface area contributed by atoms with Crippen molar-refractivity contribution in [2.24, 2.45) is 7.05 Å². The minimum atomic E-state index is -0.243. The molecule has 0 fully saturated rings. The van der Waals surface area contributed by atoms with Crippen LogP contribution in [0.4, 0.5) is 0 Å². The highest BCUT2D eigenvalue weighted by Crippen LogP contribution is 2.08. The number of nitriles is 1. The van der Waals surface area contributed by atoms with Crippen LogP contribution in [0.5, 0.6) is 0 Å². The van der Waals surface area contributed by atoms with E-state index in [0.717, 1.165) is 0 Å². The minimum Gasteiger partial charge on any atom is -0.313 e. The Morgan fingerprint density at radius 1 is 1.42 bits per heavy atom. The average Bonchev–Trinajstić information content (AvgIpc) is 2.44. The van der Waals surface area contributed by atoms with Gasteiger partial charge >= 0.3 is 0 Å². The molecule has 3 rings (SSSR count). The van der Waals surface area contributed by atoms with Crippen molar-refractivity contribution in [2.45, 2.75) is 0 Å². The lowest BCUT2D eigenvalue weighted by Gasteiger charge is -2.07. The van der Waals surface area contributed by atoms with E-state index in [4.69, 9.17) is 10.7 Å². The number of aryl methyl sites for hydroxylation is 1. The lowest BCUT2D eigenvalue weighted by molar-refractivity contribution is 0.833. The van der Waals surface area contributed by atoms with E-state index in [1.54, 1.807) is 31.4 Å². The number of fused-ring (bicyclic) bond motifs is 2. The molecule has 6 heteroatoms. The summed E-state index contributed by atoms with van der Waals surface area (Å²) in [5, 5.41) is 17.2. The molecule has 1 N–H and O–H groups in total. The minimum absolute atomic E-state index is 0.0437. The maximum Gasteiger partial charge on any atom is 0.267 e. The molecular formula is C13H9N5O. The standard InChI is InChI=1S/C13H9N5O/c1-17-11(15)8(7-14)6-9-12(17)16-10-4-2-3-5-18(10)13(9)19/h2-6,15H,1H3. The summed E-state index contributed by atoms with van der Waals surface area (Å²) in [7, 11) is 1.62. The molecule has 92 valence electrons. The molecule has 0 atom stereocenters. The molecule has 0 aromatic carbocycles. The molecule has 0 radical (unpaired) electrons. The van der Waals surface area contributed by atoms with Gasteiger partial charge in [-0.05, 0) is 18.2 Å². The van der Waals surface area contributed by atoms with Gasteiger partial charge in [0.2, 0.25) is 0 Å². The van der Waals surface area contributed by atoms with E-state index in [2.05, 4.69) is 4.98 Å². The van der Waals surface area contributed by atoms with Crippen LogP contribution >= 0.6 is 0 Å². The van der Waals surface area contributed by atoms with Gasteiger partial charge < -0.3 is 4.57 Å². The predicted molar refractivity (Wildman–Crippen MR) is 68.5 cm³/mol. The van der Waals surface area contributed by atoms with Crippen LogP contribution in [0.2, 0.25) is 0 Å².